The lowest BCUT2D eigenvalue weighted by Gasteiger charge is -2.38. The first-order valence-electron chi connectivity index (χ1n) is 12.4. The second kappa shape index (κ2) is 8.95. The predicted octanol–water partition coefficient (Wildman–Crippen LogP) is 3.44. The highest BCUT2D eigenvalue weighted by Crippen LogP contribution is 2.50. The van der Waals surface area contributed by atoms with Crippen molar-refractivity contribution in [3.63, 3.8) is 0 Å². The molecule has 4 unspecified atom stereocenters. The van der Waals surface area contributed by atoms with Gasteiger partial charge in [0.05, 0.1) is 24.4 Å². The number of carbonyl (C=O) groups excluding carboxylic acids is 1. The van der Waals surface area contributed by atoms with Gasteiger partial charge in [-0.3, -0.25) is 10.1 Å². The number of carbonyl (C=O) groups is 1. The monoisotopic (exact) mass is 480 g/mol. The lowest BCUT2D eigenvalue weighted by atomic mass is 9.88. The van der Waals surface area contributed by atoms with Gasteiger partial charge in [-0.25, -0.2) is 4.98 Å². The standard InChI is InChI=1S/C26H36N6O3/c1-26(2)14-32(19-11-15-6-7-16(19)10-15)22-20(31(4)24(26)34)13-28-25(30-22)29-18-9-8-17(23(33)27-3)12-21(18)35-5/h8-9,12-13,15-16,19,23,27,33H,6-7,10-11,14H2,1-5H3,(H,28,29,30). The Morgan fingerprint density at radius 1 is 1.26 bits per heavy atom. The molecule has 188 valence electrons. The van der Waals surface area contributed by atoms with E-state index in [9.17, 15) is 9.90 Å². The number of rotatable bonds is 6. The van der Waals surface area contributed by atoms with Gasteiger partial charge in [-0.05, 0) is 69.7 Å². The van der Waals surface area contributed by atoms with E-state index in [1.807, 2.05) is 33.0 Å². The van der Waals surface area contributed by atoms with Crippen LogP contribution in [0.4, 0.5) is 23.1 Å². The van der Waals surface area contributed by atoms with Crippen molar-refractivity contribution in [2.24, 2.45) is 17.3 Å². The third kappa shape index (κ3) is 4.21. The van der Waals surface area contributed by atoms with Gasteiger partial charge in [0, 0.05) is 19.6 Å². The van der Waals surface area contributed by atoms with Crippen molar-refractivity contribution in [2.45, 2.75) is 51.8 Å². The maximum absolute atomic E-state index is 13.3. The van der Waals surface area contributed by atoms with Gasteiger partial charge >= 0.3 is 0 Å². The molecule has 0 saturated heterocycles. The number of aliphatic hydroxyl groups excluding tert-OH is 1. The van der Waals surface area contributed by atoms with Crippen LogP contribution in [0.3, 0.4) is 0 Å². The minimum Gasteiger partial charge on any atom is -0.495 e. The van der Waals surface area contributed by atoms with Crippen LogP contribution in [-0.4, -0.2) is 54.8 Å². The quantitative estimate of drug-likeness (QED) is 0.541. The third-order valence-electron chi connectivity index (χ3n) is 7.99. The number of hydrogen-bond donors (Lipinski definition) is 3. The molecule has 2 aromatic rings. The number of ether oxygens (including phenoxy) is 1. The van der Waals surface area contributed by atoms with Gasteiger partial charge in [-0.15, -0.1) is 0 Å². The Morgan fingerprint density at radius 3 is 2.71 bits per heavy atom. The Morgan fingerprint density at radius 2 is 2.06 bits per heavy atom. The Hall–Kier alpha value is -2.91. The molecule has 5 rings (SSSR count). The average molecular weight is 481 g/mol. The van der Waals surface area contributed by atoms with Crippen molar-refractivity contribution in [3.8, 4) is 5.75 Å². The zero-order valence-corrected chi connectivity index (χ0v) is 21.2. The second-order valence-electron chi connectivity index (χ2n) is 10.8. The fourth-order valence-corrected chi connectivity index (χ4v) is 6.14. The number of methoxy groups -OCH3 is 1. The number of amides is 1. The van der Waals surface area contributed by atoms with Crippen molar-refractivity contribution in [3.05, 3.63) is 30.0 Å². The maximum Gasteiger partial charge on any atom is 0.234 e. The van der Waals surface area contributed by atoms with Gasteiger partial charge < -0.3 is 25.0 Å². The summed E-state index contributed by atoms with van der Waals surface area (Å²) in [5.74, 6) is 3.34. The van der Waals surface area contributed by atoms with Gasteiger partial charge in [0.2, 0.25) is 11.9 Å². The Labute approximate surface area is 206 Å². The predicted molar refractivity (Wildman–Crippen MR) is 136 cm³/mol. The number of hydrogen-bond acceptors (Lipinski definition) is 8. The van der Waals surface area contributed by atoms with E-state index in [1.54, 1.807) is 31.3 Å². The number of nitrogens with one attached hydrogen (secondary N) is 2. The number of anilines is 4. The van der Waals surface area contributed by atoms with Crippen LogP contribution in [0.25, 0.3) is 0 Å². The summed E-state index contributed by atoms with van der Waals surface area (Å²) in [5, 5.41) is 16.2. The molecule has 4 atom stereocenters. The van der Waals surface area contributed by atoms with Crippen molar-refractivity contribution in [1.29, 1.82) is 0 Å². The number of benzene rings is 1. The van der Waals surface area contributed by atoms with Gasteiger partial charge in [-0.2, -0.15) is 4.98 Å². The molecule has 2 aliphatic carbocycles. The van der Waals surface area contributed by atoms with Crippen LogP contribution < -0.4 is 25.2 Å². The highest BCUT2D eigenvalue weighted by molar-refractivity contribution is 6.00. The van der Waals surface area contributed by atoms with E-state index >= 15 is 0 Å². The molecule has 35 heavy (non-hydrogen) atoms. The van der Waals surface area contributed by atoms with Gasteiger partial charge in [0.25, 0.3) is 0 Å². The first kappa shape index (κ1) is 23.8. The minimum absolute atomic E-state index is 0.0778. The van der Waals surface area contributed by atoms with Crippen LogP contribution in [0.2, 0.25) is 0 Å². The van der Waals surface area contributed by atoms with Crippen LogP contribution in [0.5, 0.6) is 5.75 Å². The summed E-state index contributed by atoms with van der Waals surface area (Å²) in [6.07, 6.45) is 5.97. The Kier molecular flexibility index (Phi) is 6.09. The summed E-state index contributed by atoms with van der Waals surface area (Å²) in [4.78, 5) is 26.9. The first-order valence-corrected chi connectivity index (χ1v) is 12.4. The van der Waals surface area contributed by atoms with E-state index in [4.69, 9.17) is 9.72 Å². The third-order valence-corrected chi connectivity index (χ3v) is 7.99. The van der Waals surface area contributed by atoms with Crippen LogP contribution in [0, 0.1) is 17.3 Å². The summed E-state index contributed by atoms with van der Waals surface area (Å²) >= 11 is 0. The Balaban J connectivity index is 1.52. The molecule has 2 bridgehead atoms. The normalized spacial score (nSPS) is 25.9. The van der Waals surface area contributed by atoms with Gasteiger partial charge in [0.1, 0.15) is 17.7 Å². The van der Waals surface area contributed by atoms with Crippen molar-refractivity contribution in [2.75, 3.05) is 42.9 Å². The molecule has 9 nitrogen and oxygen atoms in total. The molecule has 0 spiro atoms. The molecule has 3 aliphatic rings. The second-order valence-corrected chi connectivity index (χ2v) is 10.8. The average Bonchev–Trinajstić information content (AvgIpc) is 3.48. The molecule has 1 amide bonds. The minimum atomic E-state index is -0.784. The number of nitrogens with zero attached hydrogens (tertiary/aromatic N) is 4. The molecule has 3 N–H and O–H groups in total. The molecule has 2 fully saturated rings. The highest BCUT2D eigenvalue weighted by atomic mass is 16.5. The van der Waals surface area contributed by atoms with Crippen LogP contribution >= 0.6 is 0 Å². The summed E-state index contributed by atoms with van der Waals surface area (Å²) in [6.45, 7) is 4.68. The summed E-state index contributed by atoms with van der Waals surface area (Å²) < 4.78 is 5.56. The first-order chi connectivity index (χ1) is 16.7. The topological polar surface area (TPSA) is 103 Å². The molecule has 0 radical (unpaired) electrons. The summed E-state index contributed by atoms with van der Waals surface area (Å²) in [6, 6.07) is 5.84. The van der Waals surface area contributed by atoms with Crippen LogP contribution in [0.15, 0.2) is 24.4 Å². The largest absolute Gasteiger partial charge is 0.495 e. The SMILES string of the molecule is CNC(O)c1ccc(Nc2ncc3c(n2)N(C2CC4CCC2C4)CC(C)(C)C(=O)N3C)c(OC)c1. The summed E-state index contributed by atoms with van der Waals surface area (Å²) in [7, 11) is 5.10. The van der Waals surface area contributed by atoms with E-state index in [0.29, 0.717) is 41.5 Å². The Bertz CT molecular complexity index is 1120. The highest BCUT2D eigenvalue weighted by Gasteiger charge is 2.47. The maximum atomic E-state index is 13.3. The molecular formula is C26H36N6O3. The zero-order chi connectivity index (χ0) is 24.9. The molecule has 2 saturated carbocycles. The van der Waals surface area contributed by atoms with E-state index in [-0.39, 0.29) is 5.91 Å². The van der Waals surface area contributed by atoms with Crippen molar-refractivity contribution >= 4 is 29.0 Å². The number of aliphatic hydroxyl groups is 1. The lowest BCUT2D eigenvalue weighted by molar-refractivity contribution is -0.125. The van der Waals surface area contributed by atoms with Crippen molar-refractivity contribution in [1.82, 2.24) is 15.3 Å². The van der Waals surface area contributed by atoms with E-state index in [0.717, 1.165) is 23.8 Å². The number of fused-ring (bicyclic) bond motifs is 3. The molecule has 9 heteroatoms. The zero-order valence-electron chi connectivity index (χ0n) is 21.2. The van der Waals surface area contributed by atoms with E-state index in [1.165, 1.54) is 19.3 Å². The lowest BCUT2D eigenvalue weighted by Crippen LogP contribution is -2.47. The molecule has 2 heterocycles. The van der Waals surface area contributed by atoms with Gasteiger partial charge in [-0.1, -0.05) is 12.5 Å². The molecular weight excluding hydrogens is 444 g/mol. The van der Waals surface area contributed by atoms with Crippen LogP contribution in [0.1, 0.15) is 51.3 Å². The van der Waals surface area contributed by atoms with Crippen molar-refractivity contribution < 1.29 is 14.6 Å². The smallest absolute Gasteiger partial charge is 0.234 e. The molecule has 1 aromatic carbocycles. The molecule has 1 aliphatic heterocycles. The van der Waals surface area contributed by atoms with Crippen LogP contribution in [-0.2, 0) is 4.79 Å². The number of aromatic nitrogens is 2. The van der Waals surface area contributed by atoms with E-state index < -0.39 is 11.6 Å². The van der Waals surface area contributed by atoms with E-state index in [2.05, 4.69) is 20.5 Å². The summed E-state index contributed by atoms with van der Waals surface area (Å²) in [5.41, 5.74) is 1.61. The fourth-order valence-electron chi connectivity index (χ4n) is 6.14. The van der Waals surface area contributed by atoms with Gasteiger partial charge in [0.15, 0.2) is 5.82 Å². The molecule has 1 aromatic heterocycles. The fraction of sp³-hybridized carbons (Fsp3) is 0.577.